The van der Waals surface area contributed by atoms with Crippen molar-refractivity contribution in [3.8, 4) is 0 Å². The van der Waals surface area contributed by atoms with Crippen molar-refractivity contribution in [1.29, 1.82) is 0 Å². The second-order valence-electron chi connectivity index (χ2n) is 6.25. The summed E-state index contributed by atoms with van der Waals surface area (Å²) in [4.78, 5) is 31.2. The maximum Gasteiger partial charge on any atom is 0.238 e. The summed E-state index contributed by atoms with van der Waals surface area (Å²) in [7, 11) is 0. The lowest BCUT2D eigenvalue weighted by Crippen LogP contribution is -2.45. The van der Waals surface area contributed by atoms with Gasteiger partial charge in [-0.3, -0.25) is 14.5 Å². The van der Waals surface area contributed by atoms with Gasteiger partial charge in [-0.25, -0.2) is 9.38 Å². The molecule has 1 saturated heterocycles. The van der Waals surface area contributed by atoms with Crippen molar-refractivity contribution in [1.82, 2.24) is 4.90 Å². The predicted octanol–water partition coefficient (Wildman–Crippen LogP) is 4.77. The van der Waals surface area contributed by atoms with Crippen molar-refractivity contribution in [2.75, 3.05) is 11.9 Å². The fraction of sp³-hybridized carbons (Fsp3) is 0.250. The van der Waals surface area contributed by atoms with Crippen molar-refractivity contribution in [2.45, 2.75) is 25.5 Å². The molecule has 1 unspecified atom stereocenters. The highest BCUT2D eigenvalue weighted by atomic mass is 35.5. The number of aliphatic imine (C=N–C) groups is 1. The quantitative estimate of drug-likeness (QED) is 0.776. The average Bonchev–Trinajstić information content (AvgIpc) is 2.66. The number of halogens is 2. The summed E-state index contributed by atoms with van der Waals surface area (Å²) in [6.07, 6.45) is 0.0203. The van der Waals surface area contributed by atoms with E-state index in [1.165, 1.54) is 28.8 Å². The molecule has 0 radical (unpaired) electrons. The van der Waals surface area contributed by atoms with Gasteiger partial charge in [0, 0.05) is 18.0 Å². The number of hydrogen-bond donors (Lipinski definition) is 1. The molecule has 0 aromatic heterocycles. The second kappa shape index (κ2) is 8.75. The topological polar surface area (TPSA) is 61.8 Å². The molecule has 5 nitrogen and oxygen atoms in total. The van der Waals surface area contributed by atoms with Crippen LogP contribution in [0.1, 0.15) is 18.9 Å². The molecule has 1 aliphatic rings. The number of para-hydroxylation sites is 1. The Morgan fingerprint density at radius 2 is 2.11 bits per heavy atom. The highest BCUT2D eigenvalue weighted by Gasteiger charge is 2.35. The van der Waals surface area contributed by atoms with Gasteiger partial charge in [0.05, 0.1) is 11.4 Å². The van der Waals surface area contributed by atoms with Crippen LogP contribution in [0.2, 0.25) is 5.02 Å². The third-order valence-corrected chi connectivity index (χ3v) is 5.86. The largest absolute Gasteiger partial charge is 0.323 e. The zero-order valence-corrected chi connectivity index (χ0v) is 17.0. The minimum absolute atomic E-state index is 0.0203. The van der Waals surface area contributed by atoms with Gasteiger partial charge in [-0.1, -0.05) is 41.6 Å². The van der Waals surface area contributed by atoms with Crippen molar-refractivity contribution in [3.05, 3.63) is 58.9 Å². The van der Waals surface area contributed by atoms with Crippen LogP contribution in [0.15, 0.2) is 47.5 Å². The van der Waals surface area contributed by atoms with E-state index in [-0.39, 0.29) is 18.0 Å². The van der Waals surface area contributed by atoms with Crippen molar-refractivity contribution in [3.63, 3.8) is 0 Å². The number of anilines is 1. The molecule has 2 aromatic rings. The molecule has 1 atom stereocenters. The first kappa shape index (κ1) is 20.4. The van der Waals surface area contributed by atoms with Gasteiger partial charge < -0.3 is 5.32 Å². The highest BCUT2D eigenvalue weighted by Crippen LogP contribution is 2.31. The Bertz CT molecular complexity index is 951. The number of amidine groups is 1. The minimum Gasteiger partial charge on any atom is -0.323 e. The van der Waals surface area contributed by atoms with E-state index in [9.17, 15) is 14.0 Å². The zero-order chi connectivity index (χ0) is 20.3. The lowest BCUT2D eigenvalue weighted by Gasteiger charge is -2.31. The Labute approximate surface area is 172 Å². The van der Waals surface area contributed by atoms with Crippen LogP contribution in [0, 0.1) is 12.7 Å². The number of benzene rings is 2. The molecule has 0 spiro atoms. The molecule has 8 heteroatoms. The second-order valence-corrected chi connectivity index (χ2v) is 7.82. The fourth-order valence-corrected chi connectivity index (χ4v) is 4.03. The number of thioether (sulfide) groups is 1. The van der Waals surface area contributed by atoms with Gasteiger partial charge in [0.25, 0.3) is 0 Å². The Kier molecular flexibility index (Phi) is 6.36. The van der Waals surface area contributed by atoms with Gasteiger partial charge in [0.1, 0.15) is 11.1 Å². The molecule has 1 N–H and O–H groups in total. The molecule has 1 aliphatic heterocycles. The van der Waals surface area contributed by atoms with Gasteiger partial charge in [-0.2, -0.15) is 0 Å². The Hall–Kier alpha value is -2.38. The molecule has 2 aromatic carbocycles. The number of rotatable bonds is 4. The van der Waals surface area contributed by atoms with Crippen LogP contribution in [0.25, 0.3) is 0 Å². The van der Waals surface area contributed by atoms with E-state index in [0.717, 1.165) is 5.56 Å². The van der Waals surface area contributed by atoms with E-state index >= 15 is 0 Å². The minimum atomic E-state index is -0.699. The van der Waals surface area contributed by atoms with Crippen molar-refractivity contribution in [2.24, 2.45) is 4.99 Å². The van der Waals surface area contributed by atoms with E-state index in [0.29, 0.717) is 22.4 Å². The first-order valence-corrected chi connectivity index (χ1v) is 10.0. The van der Waals surface area contributed by atoms with Crippen LogP contribution in [-0.4, -0.2) is 33.7 Å². The van der Waals surface area contributed by atoms with Crippen LogP contribution in [0.3, 0.4) is 0 Å². The zero-order valence-electron chi connectivity index (χ0n) is 15.4. The predicted molar refractivity (Wildman–Crippen MR) is 112 cm³/mol. The van der Waals surface area contributed by atoms with Gasteiger partial charge in [0.2, 0.25) is 11.8 Å². The summed E-state index contributed by atoms with van der Waals surface area (Å²) in [5.74, 6) is -1.16. The number of amides is 2. The molecular formula is C20H19ClFN3O2S. The average molecular weight is 420 g/mol. The smallest absolute Gasteiger partial charge is 0.238 e. The van der Waals surface area contributed by atoms with E-state index < -0.39 is 17.0 Å². The van der Waals surface area contributed by atoms with Crippen LogP contribution < -0.4 is 5.32 Å². The lowest BCUT2D eigenvalue weighted by molar-refractivity contribution is -0.129. The molecule has 0 saturated carbocycles. The summed E-state index contributed by atoms with van der Waals surface area (Å²) in [5, 5.41) is 2.85. The molecule has 0 aliphatic carbocycles. The number of hydrogen-bond acceptors (Lipinski definition) is 4. The molecule has 3 rings (SSSR count). The van der Waals surface area contributed by atoms with Crippen LogP contribution >= 0.6 is 23.4 Å². The number of aryl methyl sites for hydroxylation is 1. The van der Waals surface area contributed by atoms with Gasteiger partial charge >= 0.3 is 0 Å². The molecule has 146 valence electrons. The Morgan fingerprint density at radius 1 is 1.36 bits per heavy atom. The molecular weight excluding hydrogens is 401 g/mol. The molecule has 28 heavy (non-hydrogen) atoms. The SMILES string of the molecule is CCN1C(=O)CC(C(=O)Nc2ccccc2F)SC1=Nc1ccc(C)c(Cl)c1. The summed E-state index contributed by atoms with van der Waals surface area (Å²) in [6.45, 7) is 4.17. The number of carbonyl (C=O) groups is 2. The monoisotopic (exact) mass is 419 g/mol. The number of nitrogens with one attached hydrogen (secondary N) is 1. The lowest BCUT2D eigenvalue weighted by atomic mass is 10.2. The van der Waals surface area contributed by atoms with Gasteiger partial charge in [-0.15, -0.1) is 0 Å². The third kappa shape index (κ3) is 4.54. The van der Waals surface area contributed by atoms with Crippen LogP contribution in [-0.2, 0) is 9.59 Å². The third-order valence-electron chi connectivity index (χ3n) is 4.26. The summed E-state index contributed by atoms with van der Waals surface area (Å²) in [6, 6.07) is 11.3. The fourth-order valence-electron chi connectivity index (χ4n) is 2.69. The first-order chi connectivity index (χ1) is 13.4. The summed E-state index contributed by atoms with van der Waals surface area (Å²) in [5.41, 5.74) is 1.61. The molecule has 2 amide bonds. The van der Waals surface area contributed by atoms with Crippen molar-refractivity contribution < 1.29 is 14.0 Å². The number of nitrogens with zero attached hydrogens (tertiary/aromatic N) is 2. The standard InChI is InChI=1S/C20H19ClFN3O2S/c1-3-25-18(26)11-17(19(27)24-16-7-5-4-6-15(16)22)28-20(25)23-13-9-8-12(2)14(21)10-13/h4-10,17H,3,11H2,1-2H3,(H,24,27). The van der Waals surface area contributed by atoms with E-state index in [2.05, 4.69) is 10.3 Å². The Morgan fingerprint density at radius 3 is 2.79 bits per heavy atom. The van der Waals surface area contributed by atoms with Gasteiger partial charge in [-0.05, 0) is 43.7 Å². The van der Waals surface area contributed by atoms with Crippen LogP contribution in [0.4, 0.5) is 15.8 Å². The van der Waals surface area contributed by atoms with E-state index in [1.807, 2.05) is 19.9 Å². The van der Waals surface area contributed by atoms with E-state index in [1.54, 1.807) is 24.3 Å². The normalized spacial score (nSPS) is 18.4. The van der Waals surface area contributed by atoms with E-state index in [4.69, 9.17) is 11.6 Å². The molecule has 1 fully saturated rings. The van der Waals surface area contributed by atoms with Gasteiger partial charge in [0.15, 0.2) is 5.17 Å². The van der Waals surface area contributed by atoms with Crippen LogP contribution in [0.5, 0.6) is 0 Å². The summed E-state index contributed by atoms with van der Waals surface area (Å²) >= 11 is 7.34. The van der Waals surface area contributed by atoms with Crippen molar-refractivity contribution >= 4 is 51.7 Å². The number of carbonyl (C=O) groups excluding carboxylic acids is 2. The Balaban J connectivity index is 1.84. The summed E-state index contributed by atoms with van der Waals surface area (Å²) < 4.78 is 13.8. The first-order valence-electron chi connectivity index (χ1n) is 8.76. The molecule has 1 heterocycles. The maximum atomic E-state index is 13.8. The highest BCUT2D eigenvalue weighted by molar-refractivity contribution is 8.15. The maximum absolute atomic E-state index is 13.8. The molecule has 0 bridgehead atoms.